The Bertz CT molecular complexity index is 291. The predicted molar refractivity (Wildman–Crippen MR) is 51.4 cm³/mol. The Kier molecular flexibility index (Phi) is 5.79. The summed E-state index contributed by atoms with van der Waals surface area (Å²) in [6.45, 7) is 4.14. The van der Waals surface area contributed by atoms with Gasteiger partial charge in [0.1, 0.15) is 10.1 Å². The maximum atomic E-state index is 10.8. The first-order valence-electron chi connectivity index (χ1n) is 4.94. The van der Waals surface area contributed by atoms with E-state index in [4.69, 9.17) is 0 Å². The standard InChI is InChI=1S/C9H18O4S.Na/c1-7(2)8-3-5-9(10,6-4-8)14(11,12)13;/h7-8,10H,3-6H2,1-2H3,(H,11,12,13);/q;+1/p-1. The molecule has 4 nitrogen and oxygen atoms in total. The summed E-state index contributed by atoms with van der Waals surface area (Å²) in [6, 6.07) is 0. The molecule has 1 N–H and O–H groups in total. The molecular formula is C9H17NaO4S. The van der Waals surface area contributed by atoms with Gasteiger partial charge in [0.05, 0.1) is 0 Å². The summed E-state index contributed by atoms with van der Waals surface area (Å²) < 4.78 is 32.3. The molecule has 0 radical (unpaired) electrons. The molecule has 1 aliphatic carbocycles. The zero-order valence-electron chi connectivity index (χ0n) is 9.56. The molecule has 1 aliphatic rings. The van der Waals surface area contributed by atoms with Gasteiger partial charge in [0.25, 0.3) is 0 Å². The monoisotopic (exact) mass is 244 g/mol. The van der Waals surface area contributed by atoms with Crippen molar-refractivity contribution in [1.29, 1.82) is 0 Å². The van der Waals surface area contributed by atoms with Crippen LogP contribution in [-0.2, 0) is 10.1 Å². The molecule has 0 aromatic rings. The fourth-order valence-corrected chi connectivity index (χ4v) is 2.74. The summed E-state index contributed by atoms with van der Waals surface area (Å²) in [4.78, 5) is -2.00. The quantitative estimate of drug-likeness (QED) is 0.453. The Morgan fingerprint density at radius 1 is 1.33 bits per heavy atom. The maximum Gasteiger partial charge on any atom is 1.00 e. The van der Waals surface area contributed by atoms with Gasteiger partial charge in [-0.2, -0.15) is 0 Å². The van der Waals surface area contributed by atoms with Gasteiger partial charge in [0, 0.05) is 0 Å². The summed E-state index contributed by atoms with van der Waals surface area (Å²) >= 11 is 0. The number of hydrogen-bond acceptors (Lipinski definition) is 4. The smallest absolute Gasteiger partial charge is 0.746 e. The van der Waals surface area contributed by atoms with E-state index < -0.39 is 15.1 Å². The van der Waals surface area contributed by atoms with Crippen LogP contribution in [0.1, 0.15) is 39.5 Å². The second-order valence-electron chi connectivity index (χ2n) is 4.48. The number of aliphatic hydroxyl groups is 1. The third-order valence-corrected chi connectivity index (χ3v) is 4.56. The van der Waals surface area contributed by atoms with E-state index in [9.17, 15) is 18.1 Å². The topological polar surface area (TPSA) is 77.4 Å². The van der Waals surface area contributed by atoms with Crippen LogP contribution in [0, 0.1) is 11.8 Å². The van der Waals surface area contributed by atoms with Crippen LogP contribution in [0.15, 0.2) is 0 Å². The van der Waals surface area contributed by atoms with Crippen LogP contribution in [0.4, 0.5) is 0 Å². The summed E-state index contributed by atoms with van der Waals surface area (Å²) in [5.41, 5.74) is 0. The molecule has 1 rings (SSSR count). The van der Waals surface area contributed by atoms with Crippen molar-refractivity contribution in [2.45, 2.75) is 44.5 Å². The average molecular weight is 244 g/mol. The Morgan fingerprint density at radius 2 is 1.73 bits per heavy atom. The fraction of sp³-hybridized carbons (Fsp3) is 1.00. The SMILES string of the molecule is CC(C)C1CCC(O)(S(=O)(=O)[O-])CC1.[Na+]. The van der Waals surface area contributed by atoms with Gasteiger partial charge in [0.15, 0.2) is 4.93 Å². The van der Waals surface area contributed by atoms with Crippen molar-refractivity contribution < 1.29 is 47.6 Å². The van der Waals surface area contributed by atoms with E-state index in [1.807, 2.05) is 0 Å². The molecule has 0 aliphatic heterocycles. The first kappa shape index (κ1) is 15.9. The van der Waals surface area contributed by atoms with Crippen molar-refractivity contribution in [2.24, 2.45) is 11.8 Å². The van der Waals surface area contributed by atoms with Crippen LogP contribution in [-0.4, -0.2) is 23.0 Å². The first-order valence-corrected chi connectivity index (χ1v) is 6.35. The van der Waals surface area contributed by atoms with Crippen molar-refractivity contribution in [3.8, 4) is 0 Å². The van der Waals surface area contributed by atoms with Gasteiger partial charge in [0.2, 0.25) is 0 Å². The molecule has 1 fully saturated rings. The molecule has 0 heterocycles. The molecule has 6 heteroatoms. The molecule has 0 spiro atoms. The molecule has 1 saturated carbocycles. The largest absolute Gasteiger partial charge is 1.00 e. The van der Waals surface area contributed by atoms with Gasteiger partial charge in [-0.25, -0.2) is 8.42 Å². The summed E-state index contributed by atoms with van der Waals surface area (Å²) in [5.74, 6) is 0.908. The summed E-state index contributed by atoms with van der Waals surface area (Å²) in [6.07, 6.45) is 1.41. The summed E-state index contributed by atoms with van der Waals surface area (Å²) in [5, 5.41) is 9.61. The second kappa shape index (κ2) is 5.47. The number of rotatable bonds is 2. The number of hydrogen-bond donors (Lipinski definition) is 1. The molecule has 0 saturated heterocycles. The van der Waals surface area contributed by atoms with Gasteiger partial charge in [-0.15, -0.1) is 0 Å². The van der Waals surface area contributed by atoms with E-state index in [-0.39, 0.29) is 42.4 Å². The molecule has 0 amide bonds. The van der Waals surface area contributed by atoms with Crippen LogP contribution in [0.5, 0.6) is 0 Å². The van der Waals surface area contributed by atoms with E-state index in [1.54, 1.807) is 0 Å². The zero-order valence-corrected chi connectivity index (χ0v) is 12.4. The average Bonchev–Trinajstić information content (AvgIpc) is 2.03. The summed E-state index contributed by atoms with van der Waals surface area (Å²) in [7, 11) is -4.57. The third kappa shape index (κ3) is 3.68. The predicted octanol–water partition coefficient (Wildman–Crippen LogP) is -1.93. The van der Waals surface area contributed by atoms with Crippen molar-refractivity contribution in [3.63, 3.8) is 0 Å². The Morgan fingerprint density at radius 3 is 2.00 bits per heavy atom. The molecule has 0 aromatic carbocycles. The van der Waals surface area contributed by atoms with Crippen molar-refractivity contribution >= 4 is 10.1 Å². The molecule has 15 heavy (non-hydrogen) atoms. The van der Waals surface area contributed by atoms with Crippen LogP contribution in [0.3, 0.4) is 0 Å². The van der Waals surface area contributed by atoms with Crippen LogP contribution < -0.4 is 29.6 Å². The molecule has 84 valence electrons. The molecule has 0 unspecified atom stereocenters. The van der Waals surface area contributed by atoms with Gasteiger partial charge in [-0.3, -0.25) is 0 Å². The molecule has 0 atom stereocenters. The minimum absolute atomic E-state index is 0. The van der Waals surface area contributed by atoms with Crippen molar-refractivity contribution in [1.82, 2.24) is 0 Å². The van der Waals surface area contributed by atoms with E-state index in [0.29, 0.717) is 24.7 Å². The Balaban J connectivity index is 0.00000196. The van der Waals surface area contributed by atoms with Crippen molar-refractivity contribution in [3.05, 3.63) is 0 Å². The normalized spacial score (nSPS) is 32.5. The Hall–Kier alpha value is 0.870. The van der Waals surface area contributed by atoms with Crippen molar-refractivity contribution in [2.75, 3.05) is 0 Å². The molecule has 0 aromatic heterocycles. The van der Waals surface area contributed by atoms with Gasteiger partial charge < -0.3 is 9.66 Å². The first-order chi connectivity index (χ1) is 6.26. The van der Waals surface area contributed by atoms with Crippen LogP contribution in [0.2, 0.25) is 0 Å². The van der Waals surface area contributed by atoms with E-state index in [2.05, 4.69) is 13.8 Å². The maximum absolute atomic E-state index is 10.8. The third-order valence-electron chi connectivity index (χ3n) is 3.22. The van der Waals surface area contributed by atoms with Crippen LogP contribution in [0.25, 0.3) is 0 Å². The van der Waals surface area contributed by atoms with E-state index >= 15 is 0 Å². The molecule has 0 bridgehead atoms. The van der Waals surface area contributed by atoms with Crippen LogP contribution >= 0.6 is 0 Å². The second-order valence-corrected chi connectivity index (χ2v) is 6.15. The zero-order chi connectivity index (χ0) is 11.0. The van der Waals surface area contributed by atoms with E-state index in [1.165, 1.54) is 0 Å². The van der Waals surface area contributed by atoms with Gasteiger partial charge in [-0.1, -0.05) is 13.8 Å². The fourth-order valence-electron chi connectivity index (χ4n) is 2.01. The molecular weight excluding hydrogens is 227 g/mol. The minimum atomic E-state index is -4.57. The Labute approximate surface area is 113 Å². The van der Waals surface area contributed by atoms with Gasteiger partial charge >= 0.3 is 29.6 Å². The van der Waals surface area contributed by atoms with E-state index in [0.717, 1.165) is 0 Å². The minimum Gasteiger partial charge on any atom is -0.746 e. The van der Waals surface area contributed by atoms with Gasteiger partial charge in [-0.05, 0) is 37.5 Å².